The average molecular weight is 290 g/mol. The van der Waals surface area contributed by atoms with Gasteiger partial charge in [0.05, 0.1) is 6.54 Å². The van der Waals surface area contributed by atoms with Gasteiger partial charge >= 0.3 is 0 Å². The zero-order valence-corrected chi connectivity index (χ0v) is 12.0. The molecule has 0 bridgehead atoms. The second-order valence-electron chi connectivity index (χ2n) is 5.91. The molecule has 1 heterocycles. The van der Waals surface area contributed by atoms with Crippen molar-refractivity contribution in [2.45, 2.75) is 31.3 Å². The number of nitrogens with one attached hydrogen (secondary N) is 1. The number of nitrogens with zero attached hydrogens (tertiary/aromatic N) is 1. The number of alkyl halides is 1. The maximum absolute atomic E-state index is 13.0. The smallest absolute Gasteiger partial charge is 0.251 e. The van der Waals surface area contributed by atoms with Gasteiger partial charge in [-0.3, -0.25) is 9.59 Å². The lowest BCUT2D eigenvalue weighted by Crippen LogP contribution is -2.68. The highest BCUT2D eigenvalue weighted by Crippen LogP contribution is 2.39. The van der Waals surface area contributed by atoms with Crippen LogP contribution in [0.5, 0.6) is 0 Å². The van der Waals surface area contributed by atoms with Crippen molar-refractivity contribution in [2.24, 2.45) is 5.92 Å². The summed E-state index contributed by atoms with van der Waals surface area (Å²) in [6.07, 6.45) is 1.89. The first-order valence-corrected chi connectivity index (χ1v) is 7.33. The Kier molecular flexibility index (Phi) is 3.43. The lowest BCUT2D eigenvalue weighted by molar-refractivity contribution is -0.158. The zero-order valence-electron chi connectivity index (χ0n) is 12.0. The van der Waals surface area contributed by atoms with Crippen molar-refractivity contribution >= 4 is 11.8 Å². The molecule has 1 saturated heterocycles. The summed E-state index contributed by atoms with van der Waals surface area (Å²) in [5, 5.41) is 2.85. The van der Waals surface area contributed by atoms with Gasteiger partial charge in [-0.15, -0.1) is 0 Å². The third-order valence-corrected chi connectivity index (χ3v) is 4.54. The number of hydrogen-bond acceptors (Lipinski definition) is 2. The van der Waals surface area contributed by atoms with E-state index in [4.69, 9.17) is 0 Å². The molecule has 4 nitrogen and oxygen atoms in total. The predicted molar refractivity (Wildman–Crippen MR) is 76.1 cm³/mol. The first-order valence-electron chi connectivity index (χ1n) is 7.33. The number of hydrogen-bond donors (Lipinski definition) is 1. The summed E-state index contributed by atoms with van der Waals surface area (Å²) < 4.78 is 13.0. The predicted octanol–water partition coefficient (Wildman–Crippen LogP) is 1.61. The minimum absolute atomic E-state index is 0.0547. The van der Waals surface area contributed by atoms with Crippen LogP contribution in [-0.4, -0.2) is 36.0 Å². The van der Waals surface area contributed by atoms with Gasteiger partial charge in [0.15, 0.2) is 0 Å². The van der Waals surface area contributed by atoms with E-state index in [-0.39, 0.29) is 24.3 Å². The summed E-state index contributed by atoms with van der Waals surface area (Å²) in [4.78, 5) is 26.7. The molecule has 112 valence electrons. The Labute approximate surface area is 123 Å². The molecule has 3 rings (SSSR count). The zero-order chi connectivity index (χ0) is 15.0. The van der Waals surface area contributed by atoms with Crippen LogP contribution < -0.4 is 5.32 Å². The summed E-state index contributed by atoms with van der Waals surface area (Å²) in [6, 6.07) is 8.60. The lowest BCUT2D eigenvalue weighted by atomic mass is 9.85. The second kappa shape index (κ2) is 5.13. The monoisotopic (exact) mass is 290 g/mol. The Bertz CT molecular complexity index is 559. The Morgan fingerprint density at radius 1 is 1.29 bits per heavy atom. The minimum Gasteiger partial charge on any atom is -0.342 e. The Morgan fingerprint density at radius 2 is 1.95 bits per heavy atom. The van der Waals surface area contributed by atoms with Crippen molar-refractivity contribution in [3.05, 3.63) is 35.9 Å². The SMILES string of the molecule is CC1(c2ccccc2)C(=O)NC(C2CC2)C(=O)N1CCF. The number of benzene rings is 1. The Morgan fingerprint density at radius 3 is 2.52 bits per heavy atom. The molecule has 2 fully saturated rings. The van der Waals surface area contributed by atoms with Crippen LogP contribution in [0.2, 0.25) is 0 Å². The molecule has 2 atom stereocenters. The van der Waals surface area contributed by atoms with Gasteiger partial charge in [-0.2, -0.15) is 0 Å². The maximum atomic E-state index is 13.0. The molecule has 1 N–H and O–H groups in total. The van der Waals surface area contributed by atoms with Crippen LogP contribution in [0.1, 0.15) is 25.3 Å². The molecule has 2 unspecified atom stereocenters. The van der Waals surface area contributed by atoms with E-state index >= 15 is 0 Å². The van der Waals surface area contributed by atoms with Crippen LogP contribution >= 0.6 is 0 Å². The third-order valence-electron chi connectivity index (χ3n) is 4.54. The van der Waals surface area contributed by atoms with Crippen LogP contribution in [0.3, 0.4) is 0 Å². The molecule has 0 radical (unpaired) electrons. The number of rotatable bonds is 4. The van der Waals surface area contributed by atoms with Gasteiger partial charge in [0.1, 0.15) is 18.3 Å². The van der Waals surface area contributed by atoms with Crippen molar-refractivity contribution in [3.8, 4) is 0 Å². The quantitative estimate of drug-likeness (QED) is 0.916. The Balaban J connectivity index is 2.01. The van der Waals surface area contributed by atoms with Crippen molar-refractivity contribution in [1.82, 2.24) is 10.2 Å². The first kappa shape index (κ1) is 14.0. The summed E-state index contributed by atoms with van der Waals surface area (Å²) in [5.41, 5.74) is -0.436. The number of carbonyl (C=O) groups excluding carboxylic acids is 2. The first-order chi connectivity index (χ1) is 10.1. The van der Waals surface area contributed by atoms with Gasteiger partial charge in [0.25, 0.3) is 5.91 Å². The van der Waals surface area contributed by atoms with Gasteiger partial charge in [0, 0.05) is 0 Å². The van der Waals surface area contributed by atoms with Gasteiger partial charge in [0.2, 0.25) is 5.91 Å². The molecule has 1 aromatic rings. The number of amides is 2. The highest BCUT2D eigenvalue weighted by atomic mass is 19.1. The van der Waals surface area contributed by atoms with Crippen LogP contribution in [0.4, 0.5) is 4.39 Å². The molecule has 5 heteroatoms. The maximum Gasteiger partial charge on any atom is 0.251 e. The standard InChI is InChI=1S/C16H19FN2O2/c1-16(12-5-3-2-4-6-12)15(21)18-13(11-7-8-11)14(20)19(16)10-9-17/h2-6,11,13H,7-10H2,1H3,(H,18,21). The molecule has 21 heavy (non-hydrogen) atoms. The molecule has 0 aromatic heterocycles. The van der Waals surface area contributed by atoms with Crippen LogP contribution in [-0.2, 0) is 15.1 Å². The van der Waals surface area contributed by atoms with Crippen molar-refractivity contribution in [3.63, 3.8) is 0 Å². The van der Waals surface area contributed by atoms with E-state index in [0.717, 1.165) is 12.8 Å². The van der Waals surface area contributed by atoms with Gasteiger partial charge in [-0.1, -0.05) is 30.3 Å². The van der Waals surface area contributed by atoms with Crippen LogP contribution in [0.25, 0.3) is 0 Å². The van der Waals surface area contributed by atoms with Crippen molar-refractivity contribution in [2.75, 3.05) is 13.2 Å². The van der Waals surface area contributed by atoms with E-state index in [2.05, 4.69) is 5.32 Å². The van der Waals surface area contributed by atoms with E-state index in [1.807, 2.05) is 18.2 Å². The second-order valence-corrected chi connectivity index (χ2v) is 5.91. The normalized spacial score (nSPS) is 29.4. The highest BCUT2D eigenvalue weighted by molar-refractivity contribution is 6.00. The average Bonchev–Trinajstić information content (AvgIpc) is 3.33. The van der Waals surface area contributed by atoms with Crippen LogP contribution in [0.15, 0.2) is 30.3 Å². The van der Waals surface area contributed by atoms with Gasteiger partial charge in [-0.25, -0.2) is 4.39 Å². The minimum atomic E-state index is -1.14. The van der Waals surface area contributed by atoms with Crippen LogP contribution in [0, 0.1) is 5.92 Å². The molecule has 2 amide bonds. The fraction of sp³-hybridized carbons (Fsp3) is 0.500. The topological polar surface area (TPSA) is 49.4 Å². The largest absolute Gasteiger partial charge is 0.342 e. The molecule has 0 spiro atoms. The molecule has 2 aliphatic rings. The summed E-state index contributed by atoms with van der Waals surface area (Å²) in [7, 11) is 0. The highest BCUT2D eigenvalue weighted by Gasteiger charge is 2.53. The van der Waals surface area contributed by atoms with E-state index < -0.39 is 18.3 Å². The van der Waals surface area contributed by atoms with E-state index in [0.29, 0.717) is 5.56 Å². The molecule has 1 aromatic carbocycles. The molecule has 1 aliphatic carbocycles. The fourth-order valence-electron chi connectivity index (χ4n) is 3.07. The lowest BCUT2D eigenvalue weighted by Gasteiger charge is -2.46. The summed E-state index contributed by atoms with van der Waals surface area (Å²) >= 11 is 0. The number of halogens is 1. The molecule has 1 saturated carbocycles. The summed E-state index contributed by atoms with van der Waals surface area (Å²) in [6.45, 7) is 0.980. The number of piperazine rings is 1. The summed E-state index contributed by atoms with van der Waals surface area (Å²) in [5.74, 6) is -0.177. The van der Waals surface area contributed by atoms with Gasteiger partial charge < -0.3 is 10.2 Å². The Hall–Kier alpha value is -1.91. The van der Waals surface area contributed by atoms with E-state index in [9.17, 15) is 14.0 Å². The number of carbonyl (C=O) groups is 2. The van der Waals surface area contributed by atoms with E-state index in [1.165, 1.54) is 4.90 Å². The van der Waals surface area contributed by atoms with Gasteiger partial charge in [-0.05, 0) is 31.2 Å². The third kappa shape index (κ3) is 2.20. The van der Waals surface area contributed by atoms with Crippen molar-refractivity contribution in [1.29, 1.82) is 0 Å². The molecular weight excluding hydrogens is 271 g/mol. The molecule has 1 aliphatic heterocycles. The molecular formula is C16H19FN2O2. The fourth-order valence-corrected chi connectivity index (χ4v) is 3.07. The van der Waals surface area contributed by atoms with E-state index in [1.54, 1.807) is 19.1 Å². The van der Waals surface area contributed by atoms with Crippen molar-refractivity contribution < 1.29 is 14.0 Å².